The summed E-state index contributed by atoms with van der Waals surface area (Å²) in [6, 6.07) is 3.95. The highest BCUT2D eigenvalue weighted by Crippen LogP contribution is 2.31. The van der Waals surface area contributed by atoms with E-state index < -0.39 is 0 Å². The zero-order valence-corrected chi connectivity index (χ0v) is 6.16. The third-order valence-corrected chi connectivity index (χ3v) is 1.74. The standard InChI is InChI=1S/C9H9NO/c1-2-8-7(9-6-11-9)4-3-5-10-8/h2-5,9H,1,6H2. The molecule has 0 bridgehead atoms. The molecule has 2 heterocycles. The Bertz CT molecular complexity index is 279. The van der Waals surface area contributed by atoms with E-state index in [4.69, 9.17) is 4.74 Å². The van der Waals surface area contributed by atoms with E-state index in [1.54, 1.807) is 12.3 Å². The number of nitrogens with zero attached hydrogens (tertiary/aromatic N) is 1. The molecule has 0 aromatic carbocycles. The minimum Gasteiger partial charge on any atom is -0.368 e. The molecule has 0 amide bonds. The normalized spacial score (nSPS) is 21.3. The van der Waals surface area contributed by atoms with Crippen LogP contribution in [0.3, 0.4) is 0 Å². The van der Waals surface area contributed by atoms with Crippen molar-refractivity contribution in [3.05, 3.63) is 36.2 Å². The second-order valence-corrected chi connectivity index (χ2v) is 2.50. The highest BCUT2D eigenvalue weighted by atomic mass is 16.6. The summed E-state index contributed by atoms with van der Waals surface area (Å²) in [5.41, 5.74) is 2.09. The van der Waals surface area contributed by atoms with Crippen molar-refractivity contribution in [2.75, 3.05) is 6.61 Å². The molecular formula is C9H9NO. The molecule has 1 fully saturated rings. The SMILES string of the molecule is C=Cc1ncccc1C1CO1. The summed E-state index contributed by atoms with van der Waals surface area (Å²) in [6.45, 7) is 4.51. The van der Waals surface area contributed by atoms with Gasteiger partial charge in [-0.25, -0.2) is 0 Å². The third-order valence-electron chi connectivity index (χ3n) is 1.74. The fourth-order valence-corrected chi connectivity index (χ4v) is 1.10. The average Bonchev–Trinajstić information content (AvgIpc) is 2.87. The summed E-state index contributed by atoms with van der Waals surface area (Å²) in [6.07, 6.45) is 3.80. The number of hydrogen-bond acceptors (Lipinski definition) is 2. The number of pyridine rings is 1. The van der Waals surface area contributed by atoms with Gasteiger partial charge in [-0.3, -0.25) is 4.98 Å². The van der Waals surface area contributed by atoms with Gasteiger partial charge in [-0.05, 0) is 12.1 Å². The van der Waals surface area contributed by atoms with Gasteiger partial charge in [0.25, 0.3) is 0 Å². The fourth-order valence-electron chi connectivity index (χ4n) is 1.10. The summed E-state index contributed by atoms with van der Waals surface area (Å²) in [5, 5.41) is 0. The number of ether oxygens (including phenoxy) is 1. The molecule has 56 valence electrons. The van der Waals surface area contributed by atoms with Crippen molar-refractivity contribution in [2.24, 2.45) is 0 Å². The Morgan fingerprint density at radius 3 is 3.18 bits per heavy atom. The van der Waals surface area contributed by atoms with Crippen LogP contribution in [0.25, 0.3) is 6.08 Å². The van der Waals surface area contributed by atoms with Gasteiger partial charge in [0.15, 0.2) is 0 Å². The highest BCUT2D eigenvalue weighted by molar-refractivity contribution is 5.48. The third kappa shape index (κ3) is 1.17. The molecule has 1 aromatic heterocycles. The van der Waals surface area contributed by atoms with Crippen LogP contribution in [0.5, 0.6) is 0 Å². The maximum Gasteiger partial charge on any atom is 0.108 e. The second kappa shape index (κ2) is 2.47. The van der Waals surface area contributed by atoms with Crippen molar-refractivity contribution in [3.63, 3.8) is 0 Å². The quantitative estimate of drug-likeness (QED) is 0.596. The Kier molecular flexibility index (Phi) is 1.47. The average molecular weight is 147 g/mol. The van der Waals surface area contributed by atoms with E-state index in [1.165, 1.54) is 0 Å². The second-order valence-electron chi connectivity index (χ2n) is 2.50. The molecule has 0 N–H and O–H groups in total. The molecule has 1 aromatic rings. The van der Waals surface area contributed by atoms with Crippen molar-refractivity contribution in [1.29, 1.82) is 0 Å². The largest absolute Gasteiger partial charge is 0.368 e. The predicted molar refractivity (Wildman–Crippen MR) is 43.0 cm³/mol. The van der Waals surface area contributed by atoms with Crippen LogP contribution in [0.15, 0.2) is 24.9 Å². The number of aromatic nitrogens is 1. The lowest BCUT2D eigenvalue weighted by molar-refractivity contribution is 0.415. The van der Waals surface area contributed by atoms with E-state index in [0.29, 0.717) is 0 Å². The van der Waals surface area contributed by atoms with E-state index in [1.807, 2.05) is 12.1 Å². The van der Waals surface area contributed by atoms with Gasteiger partial charge < -0.3 is 4.74 Å². The summed E-state index contributed by atoms with van der Waals surface area (Å²) < 4.78 is 5.15. The Hall–Kier alpha value is -1.15. The van der Waals surface area contributed by atoms with Crippen molar-refractivity contribution in [2.45, 2.75) is 6.10 Å². The number of rotatable bonds is 2. The molecule has 11 heavy (non-hydrogen) atoms. The highest BCUT2D eigenvalue weighted by Gasteiger charge is 2.26. The number of hydrogen-bond donors (Lipinski definition) is 0. The monoisotopic (exact) mass is 147 g/mol. The summed E-state index contributed by atoms with van der Waals surface area (Å²) in [7, 11) is 0. The summed E-state index contributed by atoms with van der Waals surface area (Å²) in [4.78, 5) is 4.16. The van der Waals surface area contributed by atoms with Crippen molar-refractivity contribution >= 4 is 6.08 Å². The van der Waals surface area contributed by atoms with Crippen molar-refractivity contribution in [1.82, 2.24) is 4.98 Å². The van der Waals surface area contributed by atoms with Crippen molar-refractivity contribution in [3.8, 4) is 0 Å². The van der Waals surface area contributed by atoms with Gasteiger partial charge in [0, 0.05) is 11.8 Å². The zero-order valence-electron chi connectivity index (χ0n) is 6.16. The first-order valence-corrected chi connectivity index (χ1v) is 3.61. The smallest absolute Gasteiger partial charge is 0.108 e. The maximum absolute atomic E-state index is 5.15. The molecule has 0 aliphatic carbocycles. The lowest BCUT2D eigenvalue weighted by Gasteiger charge is -1.98. The van der Waals surface area contributed by atoms with E-state index >= 15 is 0 Å². The van der Waals surface area contributed by atoms with E-state index in [2.05, 4.69) is 11.6 Å². The molecular weight excluding hydrogens is 138 g/mol. The molecule has 1 aliphatic rings. The van der Waals surface area contributed by atoms with Gasteiger partial charge >= 0.3 is 0 Å². The molecule has 1 atom stereocenters. The molecule has 0 spiro atoms. The minimum absolute atomic E-state index is 0.275. The van der Waals surface area contributed by atoms with Gasteiger partial charge in [0.1, 0.15) is 6.10 Å². The van der Waals surface area contributed by atoms with E-state index in [9.17, 15) is 0 Å². The van der Waals surface area contributed by atoms with Gasteiger partial charge in [0.05, 0.1) is 12.3 Å². The van der Waals surface area contributed by atoms with Crippen LogP contribution in [0.4, 0.5) is 0 Å². The van der Waals surface area contributed by atoms with Gasteiger partial charge in [-0.2, -0.15) is 0 Å². The first kappa shape index (κ1) is 6.55. The Balaban J connectivity index is 2.42. The Morgan fingerprint density at radius 2 is 2.55 bits per heavy atom. The molecule has 1 saturated heterocycles. The molecule has 0 radical (unpaired) electrons. The van der Waals surface area contributed by atoms with Crippen LogP contribution in [0.2, 0.25) is 0 Å². The van der Waals surface area contributed by atoms with Gasteiger partial charge in [-0.15, -0.1) is 0 Å². The molecule has 2 heteroatoms. The van der Waals surface area contributed by atoms with Crippen LogP contribution in [0, 0.1) is 0 Å². The first-order chi connectivity index (χ1) is 5.42. The lowest BCUT2D eigenvalue weighted by atomic mass is 10.1. The van der Waals surface area contributed by atoms with E-state index in [-0.39, 0.29) is 6.10 Å². The van der Waals surface area contributed by atoms with Crippen molar-refractivity contribution < 1.29 is 4.74 Å². The van der Waals surface area contributed by atoms with Crippen LogP contribution in [-0.2, 0) is 4.74 Å². The molecule has 2 nitrogen and oxygen atoms in total. The summed E-state index contributed by atoms with van der Waals surface area (Å²) in [5.74, 6) is 0. The molecule has 0 saturated carbocycles. The summed E-state index contributed by atoms with van der Waals surface area (Å²) >= 11 is 0. The topological polar surface area (TPSA) is 25.4 Å². The first-order valence-electron chi connectivity index (χ1n) is 3.61. The zero-order chi connectivity index (χ0) is 7.68. The molecule has 1 unspecified atom stereocenters. The van der Waals surface area contributed by atoms with Crippen LogP contribution < -0.4 is 0 Å². The number of epoxide rings is 1. The van der Waals surface area contributed by atoms with Gasteiger partial charge in [0.2, 0.25) is 0 Å². The fraction of sp³-hybridized carbons (Fsp3) is 0.222. The molecule has 2 rings (SSSR count). The lowest BCUT2D eigenvalue weighted by Crippen LogP contribution is -1.88. The Labute approximate surface area is 65.5 Å². The van der Waals surface area contributed by atoms with Crippen LogP contribution in [0.1, 0.15) is 17.4 Å². The molecule has 1 aliphatic heterocycles. The van der Waals surface area contributed by atoms with Crippen LogP contribution >= 0.6 is 0 Å². The Morgan fingerprint density at radius 1 is 1.73 bits per heavy atom. The van der Waals surface area contributed by atoms with Gasteiger partial charge in [-0.1, -0.05) is 12.6 Å². The predicted octanol–water partition coefficient (Wildman–Crippen LogP) is 1.80. The maximum atomic E-state index is 5.15. The van der Waals surface area contributed by atoms with E-state index in [0.717, 1.165) is 17.9 Å². The minimum atomic E-state index is 0.275. The van der Waals surface area contributed by atoms with Crippen LogP contribution in [-0.4, -0.2) is 11.6 Å².